The van der Waals surface area contributed by atoms with Gasteiger partial charge in [-0.15, -0.1) is 0 Å². The van der Waals surface area contributed by atoms with Gasteiger partial charge in [-0.2, -0.15) is 0 Å². The van der Waals surface area contributed by atoms with Crippen LogP contribution in [0.15, 0.2) is 29.3 Å². The van der Waals surface area contributed by atoms with Crippen LogP contribution in [0.2, 0.25) is 0 Å². The lowest BCUT2D eigenvalue weighted by Gasteiger charge is -2.59. The number of allylic oxidation sites excluding steroid dienone is 2. The molecule has 244 valence electrons. The van der Waals surface area contributed by atoms with Crippen molar-refractivity contribution in [2.24, 2.45) is 33.7 Å². The molecular weight excluding hydrogens is 564 g/mol. The standard InChI is InChI=1S/C30H42N4O6.C3H8O/c1-18(35)30(38)12-9-24-22-6-5-19-13-20(7-10-28(19,2)23(22)8-11-29(24,30)3)34-40-16-26(36)33-25(27(37)39-4)14-21-15-31-17-32-21;1-3(2)4/h13,15,17,22-25,38H,5-12,14,16H2,1-4H3,(H,31,32)(H,33,36);3-4H,1-2H3/b34-20-;/t22?,23?,24?,25?,28-,29-,30-;/m0./s1. The van der Waals surface area contributed by atoms with E-state index in [4.69, 9.17) is 14.7 Å². The van der Waals surface area contributed by atoms with Crippen molar-refractivity contribution in [3.05, 3.63) is 29.9 Å². The number of hydrogen-bond acceptors (Lipinski definition) is 9. The van der Waals surface area contributed by atoms with Gasteiger partial charge in [-0.3, -0.25) is 9.59 Å². The number of aliphatic hydroxyl groups is 2. The molecule has 0 saturated heterocycles. The van der Waals surface area contributed by atoms with E-state index >= 15 is 0 Å². The largest absolute Gasteiger partial charge is 0.467 e. The van der Waals surface area contributed by atoms with Crippen LogP contribution in [0.1, 0.15) is 91.7 Å². The summed E-state index contributed by atoms with van der Waals surface area (Å²) in [7, 11) is 1.28. The first-order valence-electron chi connectivity index (χ1n) is 15.9. The smallest absolute Gasteiger partial charge is 0.328 e. The number of rotatable bonds is 8. The maximum absolute atomic E-state index is 12.5. The Morgan fingerprint density at radius 1 is 1.14 bits per heavy atom. The lowest BCUT2D eigenvalue weighted by molar-refractivity contribution is -0.159. The number of carbonyl (C=O) groups excluding carboxylic acids is 3. The Labute approximate surface area is 260 Å². The number of nitrogens with one attached hydrogen (secondary N) is 2. The number of ether oxygens (including phenoxy) is 1. The molecule has 1 aromatic heterocycles. The van der Waals surface area contributed by atoms with Gasteiger partial charge in [0.15, 0.2) is 12.4 Å². The van der Waals surface area contributed by atoms with Gasteiger partial charge in [0.2, 0.25) is 0 Å². The molecule has 1 aromatic rings. The zero-order valence-corrected chi connectivity index (χ0v) is 27.0. The Hall–Kier alpha value is -3.05. The molecule has 0 spiro atoms. The number of aromatic nitrogens is 2. The molecule has 1 heterocycles. The fourth-order valence-corrected chi connectivity index (χ4v) is 8.60. The second-order valence-corrected chi connectivity index (χ2v) is 13.8. The molecule has 11 nitrogen and oxygen atoms in total. The predicted molar refractivity (Wildman–Crippen MR) is 164 cm³/mol. The van der Waals surface area contributed by atoms with Crippen molar-refractivity contribution in [2.45, 2.75) is 110 Å². The lowest BCUT2D eigenvalue weighted by Crippen LogP contribution is -2.57. The van der Waals surface area contributed by atoms with Crippen LogP contribution in [-0.2, 0) is 30.4 Å². The van der Waals surface area contributed by atoms with Crippen LogP contribution in [0.4, 0.5) is 0 Å². The normalized spacial score (nSPS) is 34.0. The molecule has 3 fully saturated rings. The molecule has 4 aliphatic carbocycles. The Bertz CT molecular complexity index is 1260. The highest BCUT2D eigenvalue weighted by molar-refractivity contribution is 5.96. The minimum absolute atomic E-state index is 0.0674. The van der Waals surface area contributed by atoms with Crippen molar-refractivity contribution in [3.63, 3.8) is 0 Å². The maximum Gasteiger partial charge on any atom is 0.328 e. The van der Waals surface area contributed by atoms with Crippen molar-refractivity contribution >= 4 is 23.4 Å². The van der Waals surface area contributed by atoms with E-state index in [-0.39, 0.29) is 35.7 Å². The molecule has 0 radical (unpaired) electrons. The molecule has 4 N–H and O–H groups in total. The quantitative estimate of drug-likeness (QED) is 0.255. The van der Waals surface area contributed by atoms with Gasteiger partial charge in [0, 0.05) is 29.8 Å². The Morgan fingerprint density at radius 2 is 1.84 bits per heavy atom. The van der Waals surface area contributed by atoms with Crippen LogP contribution < -0.4 is 5.32 Å². The average Bonchev–Trinajstić information content (AvgIpc) is 3.58. The second-order valence-electron chi connectivity index (χ2n) is 13.8. The fourth-order valence-electron chi connectivity index (χ4n) is 8.60. The van der Waals surface area contributed by atoms with Crippen molar-refractivity contribution < 1.29 is 34.2 Å². The molecule has 4 unspecified atom stereocenters. The average molecular weight is 615 g/mol. The molecule has 0 aromatic carbocycles. The van der Waals surface area contributed by atoms with E-state index in [1.807, 2.05) is 0 Å². The number of Topliss-reactive ketones (excluding diaryl/α,β-unsaturated/α-hetero) is 1. The number of aliphatic hydroxyl groups excluding tert-OH is 1. The number of oxime groups is 1. The van der Waals surface area contributed by atoms with E-state index in [1.165, 1.54) is 19.0 Å². The van der Waals surface area contributed by atoms with E-state index in [2.05, 4.69) is 40.4 Å². The fraction of sp³-hybridized carbons (Fsp3) is 0.727. The van der Waals surface area contributed by atoms with Crippen molar-refractivity contribution in [2.75, 3.05) is 13.7 Å². The number of imidazole rings is 1. The predicted octanol–water partition coefficient (Wildman–Crippen LogP) is 3.65. The van der Waals surface area contributed by atoms with Crippen molar-refractivity contribution in [1.29, 1.82) is 0 Å². The number of fused-ring (bicyclic) bond motifs is 5. The van der Waals surface area contributed by atoms with Crippen molar-refractivity contribution in [3.8, 4) is 0 Å². The molecule has 11 heteroatoms. The Balaban J connectivity index is 0.00000104. The summed E-state index contributed by atoms with van der Waals surface area (Å²) >= 11 is 0. The zero-order chi connectivity index (χ0) is 32.3. The first kappa shape index (κ1) is 33.8. The Morgan fingerprint density at radius 3 is 2.48 bits per heavy atom. The molecular formula is C33H50N4O7. The van der Waals surface area contributed by atoms with Gasteiger partial charge >= 0.3 is 5.97 Å². The van der Waals surface area contributed by atoms with E-state index < -0.39 is 23.5 Å². The van der Waals surface area contributed by atoms with E-state index in [0.29, 0.717) is 29.9 Å². The summed E-state index contributed by atoms with van der Waals surface area (Å²) in [4.78, 5) is 49.4. The summed E-state index contributed by atoms with van der Waals surface area (Å²) in [6.45, 7) is 9.22. The lowest BCUT2D eigenvalue weighted by atomic mass is 9.46. The molecule has 3 saturated carbocycles. The number of nitrogens with zero attached hydrogens (tertiary/aromatic N) is 2. The molecule has 4 aliphatic rings. The number of hydrogen-bond donors (Lipinski definition) is 4. The molecule has 0 bridgehead atoms. The highest BCUT2D eigenvalue weighted by Crippen LogP contribution is 2.67. The maximum atomic E-state index is 12.5. The highest BCUT2D eigenvalue weighted by Gasteiger charge is 2.65. The van der Waals surface area contributed by atoms with Crippen LogP contribution in [0.3, 0.4) is 0 Å². The SMILES string of the molecule is CC(C)O.COC(=O)C(Cc1cnc[nH]1)NC(=O)CO/N=C1\C=C2CCC3C(CC[C@@]4(C)C3CC[C@]4(O)C(C)=O)[C@@]2(C)CC1. The van der Waals surface area contributed by atoms with E-state index in [1.54, 1.807) is 27.0 Å². The first-order chi connectivity index (χ1) is 20.7. The number of amides is 1. The number of H-pyrrole nitrogens is 1. The minimum atomic E-state index is -1.19. The zero-order valence-electron chi connectivity index (χ0n) is 27.0. The molecule has 5 rings (SSSR count). The molecule has 0 aliphatic heterocycles. The topological polar surface area (TPSA) is 163 Å². The molecule has 44 heavy (non-hydrogen) atoms. The summed E-state index contributed by atoms with van der Waals surface area (Å²) in [5.41, 5.74) is 1.46. The van der Waals surface area contributed by atoms with Gasteiger partial charge in [0.1, 0.15) is 11.6 Å². The van der Waals surface area contributed by atoms with E-state index in [9.17, 15) is 19.5 Å². The van der Waals surface area contributed by atoms with Crippen LogP contribution in [0.5, 0.6) is 0 Å². The van der Waals surface area contributed by atoms with Crippen LogP contribution in [0, 0.1) is 28.6 Å². The third kappa shape index (κ3) is 6.63. The summed E-state index contributed by atoms with van der Waals surface area (Å²) < 4.78 is 4.82. The molecule has 7 atom stereocenters. The summed E-state index contributed by atoms with van der Waals surface area (Å²) in [6, 6.07) is -0.856. The van der Waals surface area contributed by atoms with Crippen molar-refractivity contribution in [1.82, 2.24) is 15.3 Å². The first-order valence-corrected chi connectivity index (χ1v) is 15.9. The van der Waals surface area contributed by atoms with E-state index in [0.717, 1.165) is 50.7 Å². The minimum Gasteiger partial charge on any atom is -0.467 e. The monoisotopic (exact) mass is 614 g/mol. The summed E-state index contributed by atoms with van der Waals surface area (Å²) in [5, 5.41) is 26.3. The number of ketones is 1. The van der Waals surface area contributed by atoms with Gasteiger partial charge in [-0.25, -0.2) is 9.78 Å². The molecule has 1 amide bonds. The van der Waals surface area contributed by atoms with Gasteiger partial charge in [0.05, 0.1) is 19.1 Å². The third-order valence-electron chi connectivity index (χ3n) is 10.9. The number of methoxy groups -OCH3 is 1. The number of aromatic amines is 1. The summed E-state index contributed by atoms with van der Waals surface area (Å²) in [6.07, 6.45) is 12.5. The van der Waals surface area contributed by atoms with Crippen LogP contribution >= 0.6 is 0 Å². The van der Waals surface area contributed by atoms with Gasteiger partial charge in [-0.05, 0) is 101 Å². The van der Waals surface area contributed by atoms with Gasteiger partial charge in [0.25, 0.3) is 5.91 Å². The van der Waals surface area contributed by atoms with Gasteiger partial charge in [-0.1, -0.05) is 24.6 Å². The van der Waals surface area contributed by atoms with Crippen LogP contribution in [-0.4, -0.2) is 75.0 Å². The number of carbonyl (C=O) groups is 3. The summed E-state index contributed by atoms with van der Waals surface area (Å²) in [5.74, 6) is 0.325. The van der Waals surface area contributed by atoms with Crippen LogP contribution in [0.25, 0.3) is 0 Å². The van der Waals surface area contributed by atoms with Gasteiger partial charge < -0.3 is 30.1 Å². The Kier molecular flexibility index (Phi) is 10.4. The highest BCUT2D eigenvalue weighted by atomic mass is 16.6. The second kappa shape index (κ2) is 13.5. The third-order valence-corrected chi connectivity index (χ3v) is 10.9. The number of esters is 1.